The van der Waals surface area contributed by atoms with E-state index >= 15 is 0 Å². The maximum atomic E-state index is 11.5. The molecule has 1 aromatic carbocycles. The number of piperazine rings is 1. The fourth-order valence-corrected chi connectivity index (χ4v) is 4.38. The molecule has 0 saturated carbocycles. The number of carbonyl (C=O) groups excluding carboxylic acids is 1. The molecule has 0 aromatic heterocycles. The zero-order chi connectivity index (χ0) is 22.1. The predicted octanol–water partition coefficient (Wildman–Crippen LogP) is 1.99. The molecule has 0 radical (unpaired) electrons. The molecule has 2 fully saturated rings. The topological polar surface area (TPSA) is 86.4 Å². The van der Waals surface area contributed by atoms with E-state index in [1.165, 1.54) is 5.69 Å². The number of guanidine groups is 1. The Bertz CT molecular complexity index is 739. The average molecular weight is 559 g/mol. The Morgan fingerprint density at radius 2 is 2.03 bits per heavy atom. The number of benzene rings is 1. The SMILES string of the molecule is CCNC(=NCCCN1CCCC(C(N)=O)C1)N1CCN(c2cccc(OC)c2)CC1.I. The van der Waals surface area contributed by atoms with E-state index < -0.39 is 0 Å². The van der Waals surface area contributed by atoms with Crippen LogP contribution >= 0.6 is 24.0 Å². The normalized spacial score (nSPS) is 19.9. The van der Waals surface area contributed by atoms with E-state index in [9.17, 15) is 4.79 Å². The number of primary amides is 1. The van der Waals surface area contributed by atoms with Crippen molar-refractivity contribution in [3.05, 3.63) is 24.3 Å². The summed E-state index contributed by atoms with van der Waals surface area (Å²) < 4.78 is 5.36. The number of nitrogens with zero attached hydrogens (tertiary/aromatic N) is 4. The second-order valence-corrected chi connectivity index (χ2v) is 8.31. The minimum atomic E-state index is -0.162. The maximum Gasteiger partial charge on any atom is 0.221 e. The third-order valence-corrected chi connectivity index (χ3v) is 6.13. The van der Waals surface area contributed by atoms with E-state index in [-0.39, 0.29) is 35.8 Å². The summed E-state index contributed by atoms with van der Waals surface area (Å²) in [7, 11) is 1.71. The maximum absolute atomic E-state index is 11.5. The molecule has 1 amide bonds. The fraction of sp³-hybridized carbons (Fsp3) is 0.652. The molecule has 8 nitrogen and oxygen atoms in total. The van der Waals surface area contributed by atoms with Crippen LogP contribution in [0.3, 0.4) is 0 Å². The molecule has 2 aliphatic heterocycles. The van der Waals surface area contributed by atoms with Gasteiger partial charge in [-0.05, 0) is 51.4 Å². The highest BCUT2D eigenvalue weighted by Crippen LogP contribution is 2.22. The second kappa shape index (κ2) is 13.7. The van der Waals surface area contributed by atoms with Gasteiger partial charge in [-0.2, -0.15) is 0 Å². The molecule has 0 bridgehead atoms. The van der Waals surface area contributed by atoms with Crippen molar-refractivity contribution < 1.29 is 9.53 Å². The number of carbonyl (C=O) groups is 1. The molecule has 0 spiro atoms. The lowest BCUT2D eigenvalue weighted by Gasteiger charge is -2.37. The van der Waals surface area contributed by atoms with Crippen LogP contribution in [0, 0.1) is 5.92 Å². The van der Waals surface area contributed by atoms with E-state index in [0.717, 1.165) is 89.9 Å². The van der Waals surface area contributed by atoms with Crippen LogP contribution in [0.25, 0.3) is 0 Å². The number of amides is 1. The molecule has 3 N–H and O–H groups in total. The van der Waals surface area contributed by atoms with Crippen molar-refractivity contribution in [2.24, 2.45) is 16.6 Å². The van der Waals surface area contributed by atoms with Gasteiger partial charge >= 0.3 is 0 Å². The Kier molecular flexibility index (Phi) is 11.4. The number of likely N-dealkylation sites (tertiary alicyclic amines) is 1. The molecule has 32 heavy (non-hydrogen) atoms. The van der Waals surface area contributed by atoms with Crippen LogP contribution < -0.4 is 20.7 Å². The summed E-state index contributed by atoms with van der Waals surface area (Å²) >= 11 is 0. The number of ether oxygens (including phenoxy) is 1. The average Bonchev–Trinajstić information content (AvgIpc) is 2.81. The Morgan fingerprint density at radius 1 is 1.25 bits per heavy atom. The van der Waals surface area contributed by atoms with Crippen molar-refractivity contribution in [3.8, 4) is 5.75 Å². The minimum Gasteiger partial charge on any atom is -0.497 e. The Hall–Kier alpha value is -1.75. The molecule has 1 aromatic rings. The van der Waals surface area contributed by atoms with Crippen LogP contribution in [0.1, 0.15) is 26.2 Å². The third-order valence-electron chi connectivity index (χ3n) is 6.13. The Labute approximate surface area is 209 Å². The van der Waals surface area contributed by atoms with Crippen LogP contribution in [0.5, 0.6) is 5.75 Å². The molecule has 9 heteroatoms. The van der Waals surface area contributed by atoms with Crippen LogP contribution in [0.2, 0.25) is 0 Å². The van der Waals surface area contributed by atoms with E-state index in [1.54, 1.807) is 7.11 Å². The first-order valence-electron chi connectivity index (χ1n) is 11.5. The fourth-order valence-electron chi connectivity index (χ4n) is 4.38. The van der Waals surface area contributed by atoms with Gasteiger partial charge in [-0.25, -0.2) is 0 Å². The lowest BCUT2D eigenvalue weighted by molar-refractivity contribution is -0.123. The van der Waals surface area contributed by atoms with Gasteiger partial charge in [-0.1, -0.05) is 6.07 Å². The molecule has 2 aliphatic rings. The standard InChI is InChI=1S/C23H38N6O2.HI/c1-3-25-23(26-10-6-12-27-11-5-7-19(18-27)22(24)30)29-15-13-28(14-16-29)20-8-4-9-21(17-20)31-2;/h4,8-9,17,19H,3,5-7,10-16,18H2,1-2H3,(H2,24,30)(H,25,26);1H. The number of methoxy groups -OCH3 is 1. The van der Waals surface area contributed by atoms with Gasteiger partial charge in [0.05, 0.1) is 13.0 Å². The first-order valence-corrected chi connectivity index (χ1v) is 11.5. The number of hydrogen-bond acceptors (Lipinski definition) is 5. The highest BCUT2D eigenvalue weighted by atomic mass is 127. The van der Waals surface area contributed by atoms with Crippen LogP contribution in [-0.4, -0.2) is 87.7 Å². The zero-order valence-electron chi connectivity index (χ0n) is 19.5. The molecule has 2 heterocycles. The number of aliphatic imine (C=N–C) groups is 1. The van der Waals surface area contributed by atoms with Crippen LogP contribution in [0.15, 0.2) is 29.3 Å². The minimum absolute atomic E-state index is 0. The number of anilines is 1. The first-order chi connectivity index (χ1) is 15.1. The van der Waals surface area contributed by atoms with Crippen molar-refractivity contribution >= 4 is 41.5 Å². The number of halogens is 1. The smallest absolute Gasteiger partial charge is 0.221 e. The van der Waals surface area contributed by atoms with E-state index in [1.807, 2.05) is 12.1 Å². The third kappa shape index (κ3) is 7.68. The predicted molar refractivity (Wildman–Crippen MR) is 141 cm³/mol. The molecular formula is C23H39IN6O2. The van der Waals surface area contributed by atoms with Gasteiger partial charge in [0.25, 0.3) is 0 Å². The number of nitrogens with two attached hydrogens (primary N) is 1. The first kappa shape index (κ1) is 26.5. The summed E-state index contributed by atoms with van der Waals surface area (Å²) in [5, 5.41) is 3.45. The summed E-state index contributed by atoms with van der Waals surface area (Å²) in [5.41, 5.74) is 6.70. The lowest BCUT2D eigenvalue weighted by Crippen LogP contribution is -2.52. The van der Waals surface area contributed by atoms with E-state index in [4.69, 9.17) is 15.5 Å². The van der Waals surface area contributed by atoms with Crippen molar-refractivity contribution in [1.82, 2.24) is 15.1 Å². The quantitative estimate of drug-likeness (QED) is 0.220. The molecule has 3 rings (SSSR count). The molecule has 180 valence electrons. The summed E-state index contributed by atoms with van der Waals surface area (Å²) in [6.45, 7) is 10.4. The zero-order valence-corrected chi connectivity index (χ0v) is 21.8. The number of nitrogens with one attached hydrogen (secondary N) is 1. The largest absolute Gasteiger partial charge is 0.497 e. The van der Waals surface area contributed by atoms with E-state index in [2.05, 4.69) is 39.1 Å². The van der Waals surface area contributed by atoms with Crippen LogP contribution in [-0.2, 0) is 4.79 Å². The highest BCUT2D eigenvalue weighted by Gasteiger charge is 2.23. The van der Waals surface area contributed by atoms with Gasteiger partial charge in [0, 0.05) is 57.6 Å². The van der Waals surface area contributed by atoms with Gasteiger partial charge in [-0.15, -0.1) is 24.0 Å². The number of rotatable bonds is 8. The van der Waals surface area contributed by atoms with Crippen LogP contribution in [0.4, 0.5) is 5.69 Å². The van der Waals surface area contributed by atoms with Gasteiger partial charge in [-0.3, -0.25) is 9.79 Å². The van der Waals surface area contributed by atoms with Gasteiger partial charge in [0.2, 0.25) is 5.91 Å². The van der Waals surface area contributed by atoms with Crippen molar-refractivity contribution in [2.45, 2.75) is 26.2 Å². The Balaban J connectivity index is 0.00000363. The highest BCUT2D eigenvalue weighted by molar-refractivity contribution is 14.0. The number of hydrogen-bond donors (Lipinski definition) is 2. The Morgan fingerprint density at radius 3 is 2.72 bits per heavy atom. The van der Waals surface area contributed by atoms with Crippen molar-refractivity contribution in [2.75, 3.05) is 70.9 Å². The number of piperidine rings is 1. The monoisotopic (exact) mass is 558 g/mol. The van der Waals surface area contributed by atoms with Gasteiger partial charge < -0.3 is 30.5 Å². The summed E-state index contributed by atoms with van der Waals surface area (Å²) in [6, 6.07) is 8.26. The lowest BCUT2D eigenvalue weighted by atomic mass is 9.97. The van der Waals surface area contributed by atoms with Gasteiger partial charge in [0.15, 0.2) is 5.96 Å². The summed E-state index contributed by atoms with van der Waals surface area (Å²) in [4.78, 5) is 23.4. The van der Waals surface area contributed by atoms with Crippen molar-refractivity contribution in [3.63, 3.8) is 0 Å². The molecule has 1 atom stereocenters. The van der Waals surface area contributed by atoms with Crippen molar-refractivity contribution in [1.29, 1.82) is 0 Å². The summed E-state index contributed by atoms with van der Waals surface area (Å²) in [5.74, 6) is 1.74. The molecule has 2 saturated heterocycles. The molecule has 0 aliphatic carbocycles. The molecular weight excluding hydrogens is 519 g/mol. The second-order valence-electron chi connectivity index (χ2n) is 8.31. The van der Waals surface area contributed by atoms with Gasteiger partial charge in [0.1, 0.15) is 5.75 Å². The van der Waals surface area contributed by atoms with E-state index in [0.29, 0.717) is 0 Å². The summed E-state index contributed by atoms with van der Waals surface area (Å²) in [6.07, 6.45) is 2.97. The molecule has 1 unspecified atom stereocenters.